The summed E-state index contributed by atoms with van der Waals surface area (Å²) in [7, 11) is 0. The van der Waals surface area contributed by atoms with E-state index in [0.717, 1.165) is 0 Å². The van der Waals surface area contributed by atoms with Gasteiger partial charge in [0.25, 0.3) is 10.9 Å². The highest BCUT2D eigenvalue weighted by molar-refractivity contribution is 5.71. The average molecular weight is 155 g/mol. The third kappa shape index (κ3) is 1.10. The van der Waals surface area contributed by atoms with Gasteiger partial charge in [-0.25, -0.2) is 0 Å². The monoisotopic (exact) mass is 155 g/mol. The third-order valence-corrected chi connectivity index (χ3v) is 1.39. The highest BCUT2D eigenvalue weighted by Crippen LogP contribution is 2.07. The number of rotatable bonds is 3. The molecule has 0 atom stereocenters. The van der Waals surface area contributed by atoms with Crippen molar-refractivity contribution in [1.29, 1.82) is 0 Å². The summed E-state index contributed by atoms with van der Waals surface area (Å²) in [6.07, 6.45) is 0. The van der Waals surface area contributed by atoms with E-state index in [-0.39, 0.29) is 11.4 Å². The Morgan fingerprint density at radius 2 is 1.91 bits per heavy atom. The van der Waals surface area contributed by atoms with E-state index in [4.69, 9.17) is 11.5 Å². The van der Waals surface area contributed by atoms with Crippen LogP contribution in [0.2, 0.25) is 0 Å². The van der Waals surface area contributed by atoms with Crippen LogP contribution in [0, 0.1) is 0 Å². The van der Waals surface area contributed by atoms with Crippen molar-refractivity contribution in [3.8, 4) is 0 Å². The first-order chi connectivity index (χ1) is 5.18. The van der Waals surface area contributed by atoms with Crippen LogP contribution in [0.25, 0.3) is 0 Å². The van der Waals surface area contributed by atoms with Crippen molar-refractivity contribution in [3.63, 3.8) is 0 Å². The summed E-state index contributed by atoms with van der Waals surface area (Å²) in [5.74, 6) is 0. The molecule has 0 saturated carbocycles. The lowest BCUT2D eigenvalue weighted by atomic mass is 10.2. The maximum atomic E-state index is 10.7. The normalized spacial score (nSPS) is 10.3. The fourth-order valence-electron chi connectivity index (χ4n) is 0.782. The van der Waals surface area contributed by atoms with Gasteiger partial charge in [0.15, 0.2) is 0 Å². The topological polar surface area (TPSA) is 98.2 Å². The van der Waals surface area contributed by atoms with Gasteiger partial charge in [-0.3, -0.25) is 9.59 Å². The number of anilines is 2. The predicted molar refractivity (Wildman–Crippen MR) is 43.3 cm³/mol. The molecule has 0 radical (unpaired) electrons. The number of hydrogen-bond donors (Lipinski definition) is 3. The van der Waals surface area contributed by atoms with E-state index in [1.807, 2.05) is 0 Å². The second-order valence-corrected chi connectivity index (χ2v) is 2.16. The smallest absolute Gasteiger partial charge is 0.253 e. The van der Waals surface area contributed by atoms with E-state index in [1.54, 1.807) is 0 Å². The minimum Gasteiger partial charge on any atom is -0.394 e. The van der Waals surface area contributed by atoms with Gasteiger partial charge in [0.05, 0.1) is 0 Å². The molecule has 0 saturated heterocycles. The van der Waals surface area contributed by atoms with Crippen molar-refractivity contribution in [2.75, 3.05) is 24.1 Å². The Kier molecular flexibility index (Phi) is 1.91. The van der Waals surface area contributed by atoms with Gasteiger partial charge in [-0.05, 0) is 0 Å². The van der Waals surface area contributed by atoms with Gasteiger partial charge in [-0.2, -0.15) is 0 Å². The maximum absolute atomic E-state index is 10.7. The molecule has 5 heteroatoms. The highest BCUT2D eigenvalue weighted by atomic mass is 16.2. The molecule has 60 valence electrons. The zero-order chi connectivity index (χ0) is 8.43. The molecule has 5 N–H and O–H groups in total. The van der Waals surface area contributed by atoms with Gasteiger partial charge >= 0.3 is 0 Å². The highest BCUT2D eigenvalue weighted by Gasteiger charge is 2.16. The van der Waals surface area contributed by atoms with E-state index in [2.05, 4.69) is 5.32 Å². The number of nitrogens with two attached hydrogens (primary N) is 2. The Morgan fingerprint density at radius 1 is 1.27 bits per heavy atom. The average Bonchev–Trinajstić information content (AvgIpc) is 2.04. The summed E-state index contributed by atoms with van der Waals surface area (Å²) < 4.78 is 0. The van der Waals surface area contributed by atoms with Gasteiger partial charge < -0.3 is 16.8 Å². The Bertz CT molecular complexity index is 324. The summed E-state index contributed by atoms with van der Waals surface area (Å²) >= 11 is 0. The van der Waals surface area contributed by atoms with Crippen LogP contribution >= 0.6 is 0 Å². The summed E-state index contributed by atoms with van der Waals surface area (Å²) in [4.78, 5) is 21.2. The molecule has 0 bridgehead atoms. The van der Waals surface area contributed by atoms with Crippen LogP contribution in [0.3, 0.4) is 0 Å². The molecule has 0 spiro atoms. The summed E-state index contributed by atoms with van der Waals surface area (Å²) in [5, 5.41) is 2.66. The minimum absolute atomic E-state index is 0.0171. The number of nitrogens with one attached hydrogen (secondary N) is 1. The third-order valence-electron chi connectivity index (χ3n) is 1.39. The molecule has 0 fully saturated rings. The molecule has 1 rings (SSSR count). The fourth-order valence-corrected chi connectivity index (χ4v) is 0.782. The number of hydrogen-bond acceptors (Lipinski definition) is 5. The molecule has 0 heterocycles. The summed E-state index contributed by atoms with van der Waals surface area (Å²) in [6, 6.07) is 0. The van der Waals surface area contributed by atoms with Crippen LogP contribution < -0.4 is 27.6 Å². The van der Waals surface area contributed by atoms with E-state index < -0.39 is 10.9 Å². The molecule has 0 aliphatic rings. The molecule has 0 unspecified atom stereocenters. The molecule has 0 aliphatic heterocycles. The standard InChI is InChI=1S/C6H9N3O2/c7-1-2-9-4-3(8)5(10)6(4)11/h9H,1-2,7-8H2. The molecule has 5 nitrogen and oxygen atoms in total. The molecule has 11 heavy (non-hydrogen) atoms. The molecule has 0 amide bonds. The van der Waals surface area contributed by atoms with Crippen molar-refractivity contribution in [2.24, 2.45) is 5.73 Å². The molecular formula is C6H9N3O2. The Balaban J connectivity index is 2.75. The van der Waals surface area contributed by atoms with Crippen molar-refractivity contribution >= 4 is 11.4 Å². The second-order valence-electron chi connectivity index (χ2n) is 2.16. The van der Waals surface area contributed by atoms with Crippen molar-refractivity contribution in [1.82, 2.24) is 0 Å². The lowest BCUT2D eigenvalue weighted by Gasteiger charge is -2.07. The van der Waals surface area contributed by atoms with E-state index in [0.29, 0.717) is 13.1 Å². The molecule has 0 aliphatic carbocycles. The quantitative estimate of drug-likeness (QED) is 0.449. The first kappa shape index (κ1) is 7.74. The molecular weight excluding hydrogens is 146 g/mol. The second kappa shape index (κ2) is 2.71. The van der Waals surface area contributed by atoms with E-state index in [9.17, 15) is 9.59 Å². The Morgan fingerprint density at radius 3 is 2.36 bits per heavy atom. The summed E-state index contributed by atoms with van der Waals surface area (Å²) in [5.41, 5.74) is 9.44. The van der Waals surface area contributed by atoms with Crippen LogP contribution in [0.1, 0.15) is 0 Å². The first-order valence-electron chi connectivity index (χ1n) is 3.21. The van der Waals surface area contributed by atoms with Crippen LogP contribution in [-0.2, 0) is 0 Å². The van der Waals surface area contributed by atoms with Crippen LogP contribution in [-0.4, -0.2) is 13.1 Å². The van der Waals surface area contributed by atoms with Gasteiger partial charge in [-0.1, -0.05) is 0 Å². The van der Waals surface area contributed by atoms with Crippen molar-refractivity contribution in [2.45, 2.75) is 0 Å². The van der Waals surface area contributed by atoms with Crippen LogP contribution in [0.15, 0.2) is 9.59 Å². The van der Waals surface area contributed by atoms with Gasteiger partial charge in [0, 0.05) is 13.1 Å². The lowest BCUT2D eigenvalue weighted by Crippen LogP contribution is -2.37. The maximum Gasteiger partial charge on any atom is 0.253 e. The lowest BCUT2D eigenvalue weighted by molar-refractivity contribution is 1.02. The Labute approximate surface area is 62.7 Å². The van der Waals surface area contributed by atoms with Crippen molar-refractivity contribution in [3.05, 3.63) is 20.4 Å². The fraction of sp³-hybridized carbons (Fsp3) is 0.333. The minimum atomic E-state index is -0.607. The van der Waals surface area contributed by atoms with E-state index in [1.165, 1.54) is 0 Å². The van der Waals surface area contributed by atoms with Gasteiger partial charge in [-0.15, -0.1) is 0 Å². The van der Waals surface area contributed by atoms with Crippen LogP contribution in [0.5, 0.6) is 0 Å². The largest absolute Gasteiger partial charge is 0.394 e. The molecule has 0 aromatic heterocycles. The van der Waals surface area contributed by atoms with E-state index >= 15 is 0 Å². The van der Waals surface area contributed by atoms with Crippen LogP contribution in [0.4, 0.5) is 11.4 Å². The number of nitrogen functional groups attached to an aromatic ring is 1. The zero-order valence-electron chi connectivity index (χ0n) is 5.89. The van der Waals surface area contributed by atoms with Gasteiger partial charge in [0.1, 0.15) is 11.4 Å². The summed E-state index contributed by atoms with van der Waals surface area (Å²) in [6.45, 7) is 0.854. The molecule has 1 aromatic rings. The van der Waals surface area contributed by atoms with Crippen molar-refractivity contribution < 1.29 is 0 Å². The predicted octanol–water partition coefficient (Wildman–Crippen LogP) is -1.76. The first-order valence-corrected chi connectivity index (χ1v) is 3.21. The zero-order valence-corrected chi connectivity index (χ0v) is 5.89. The van der Waals surface area contributed by atoms with Gasteiger partial charge in [0.2, 0.25) is 0 Å². The Hall–Kier alpha value is -1.36. The SMILES string of the molecule is NCCNc1c(N)c(=O)c1=O. The molecule has 1 aromatic carbocycles.